The van der Waals surface area contributed by atoms with Crippen LogP contribution in [0.2, 0.25) is 0 Å². The maximum atomic E-state index is 7.51. The van der Waals surface area contributed by atoms with Crippen LogP contribution in [0.5, 0.6) is 0 Å². The minimum absolute atomic E-state index is 0.00307. The maximum Gasteiger partial charge on any atom is 0.145 e. The molecule has 3 nitrogen and oxygen atoms in total. The maximum absolute atomic E-state index is 7.51. The Morgan fingerprint density at radius 2 is 0.654 bits per heavy atom. The number of anilines is 6. The van der Waals surface area contributed by atoms with E-state index in [0.29, 0.717) is 0 Å². The topological polar surface area (TPSA) is 19.6 Å². The van der Waals surface area contributed by atoms with Crippen molar-refractivity contribution in [1.82, 2.24) is 0 Å². The molecule has 12 rings (SSSR count). The van der Waals surface area contributed by atoms with Gasteiger partial charge < -0.3 is 14.2 Å². The first-order valence-electron chi connectivity index (χ1n) is 27.9. The van der Waals surface area contributed by atoms with Crippen LogP contribution in [0.3, 0.4) is 0 Å². The molecular weight excluding hydrogens is 945 g/mol. The highest BCUT2D eigenvalue weighted by Gasteiger charge is 2.50. The van der Waals surface area contributed by atoms with Gasteiger partial charge in [0.1, 0.15) is 11.2 Å². The molecule has 0 saturated carbocycles. The van der Waals surface area contributed by atoms with Gasteiger partial charge in [0.05, 0.1) is 22.2 Å². The third kappa shape index (κ3) is 8.42. The Balaban J connectivity index is 1.24. The molecule has 1 aliphatic rings. The number of para-hydroxylation sites is 1. The Labute approximate surface area is 462 Å². The van der Waals surface area contributed by atoms with Gasteiger partial charge in [0, 0.05) is 39.1 Å². The van der Waals surface area contributed by atoms with Gasteiger partial charge in [-0.3, -0.25) is 0 Å². The van der Waals surface area contributed by atoms with Gasteiger partial charge in [-0.15, -0.1) is 0 Å². The lowest BCUT2D eigenvalue weighted by Crippen LogP contribution is -2.29. The van der Waals surface area contributed by atoms with E-state index in [2.05, 4.69) is 311 Å². The Morgan fingerprint density at radius 3 is 1.06 bits per heavy atom. The third-order valence-corrected chi connectivity index (χ3v) is 16.6. The van der Waals surface area contributed by atoms with Gasteiger partial charge in [-0.25, -0.2) is 0 Å². The van der Waals surface area contributed by atoms with E-state index in [1.807, 2.05) is 0 Å². The molecule has 1 aromatic heterocycles. The molecule has 11 aromatic rings. The first kappa shape index (κ1) is 50.7. The smallest absolute Gasteiger partial charge is 0.145 e. The second-order valence-corrected chi connectivity index (χ2v) is 25.8. The normalized spacial score (nSPS) is 13.5. The van der Waals surface area contributed by atoms with Gasteiger partial charge in [0.2, 0.25) is 0 Å². The molecule has 10 aromatic carbocycles. The number of benzene rings is 10. The highest BCUT2D eigenvalue weighted by Crippen LogP contribution is 2.63. The van der Waals surface area contributed by atoms with E-state index in [1.165, 1.54) is 55.5 Å². The number of hydrogen-bond acceptors (Lipinski definition) is 3. The van der Waals surface area contributed by atoms with Gasteiger partial charge in [-0.2, -0.15) is 0 Å². The number of furan rings is 1. The van der Waals surface area contributed by atoms with Crippen molar-refractivity contribution < 1.29 is 4.42 Å². The molecule has 78 heavy (non-hydrogen) atoms. The van der Waals surface area contributed by atoms with Gasteiger partial charge in [0.25, 0.3) is 0 Å². The molecule has 3 heteroatoms. The summed E-state index contributed by atoms with van der Waals surface area (Å²) in [4.78, 5) is 4.98. The molecule has 0 aliphatic heterocycles. The number of hydrogen-bond donors (Lipinski definition) is 0. The summed E-state index contributed by atoms with van der Waals surface area (Å²) in [6.07, 6.45) is 0. The first-order valence-corrected chi connectivity index (χ1v) is 27.9. The average molecular weight is 1020 g/mol. The van der Waals surface area contributed by atoms with Crippen molar-refractivity contribution in [2.45, 2.75) is 110 Å². The number of fused-ring (bicyclic) bond motifs is 9. The summed E-state index contributed by atoms with van der Waals surface area (Å²) in [6, 6.07) is 82.3. The van der Waals surface area contributed by atoms with Gasteiger partial charge in [-0.1, -0.05) is 235 Å². The van der Waals surface area contributed by atoms with Crippen molar-refractivity contribution in [1.29, 1.82) is 0 Å². The van der Waals surface area contributed by atoms with E-state index < -0.39 is 5.41 Å². The van der Waals surface area contributed by atoms with Crippen LogP contribution in [0.4, 0.5) is 34.1 Å². The average Bonchev–Trinajstić information content (AvgIpc) is 4.03. The van der Waals surface area contributed by atoms with Crippen LogP contribution in [0, 0.1) is 0 Å². The van der Waals surface area contributed by atoms with E-state index in [1.54, 1.807) is 0 Å². The van der Waals surface area contributed by atoms with E-state index in [9.17, 15) is 0 Å². The second-order valence-electron chi connectivity index (χ2n) is 25.8. The molecule has 0 atom stereocenters. The molecular formula is C75H72N2O. The van der Waals surface area contributed by atoms with Crippen LogP contribution in [0.25, 0.3) is 43.8 Å². The summed E-state index contributed by atoms with van der Waals surface area (Å²) in [6.45, 7) is 27.5. The first-order chi connectivity index (χ1) is 37.2. The zero-order valence-electron chi connectivity index (χ0n) is 47.6. The zero-order valence-corrected chi connectivity index (χ0v) is 47.6. The van der Waals surface area contributed by atoms with Crippen molar-refractivity contribution in [3.63, 3.8) is 0 Å². The predicted molar refractivity (Wildman–Crippen MR) is 333 cm³/mol. The highest BCUT2D eigenvalue weighted by molar-refractivity contribution is 6.22. The monoisotopic (exact) mass is 1020 g/mol. The van der Waals surface area contributed by atoms with E-state index in [0.717, 1.165) is 67.0 Å². The molecule has 0 saturated heterocycles. The minimum Gasteiger partial charge on any atom is -0.455 e. The molecule has 0 fully saturated rings. The van der Waals surface area contributed by atoms with Crippen LogP contribution < -0.4 is 9.80 Å². The SMILES string of the molecule is CC(C)(C)c1ccc(N(c2ccc(C(C)(C)C)cc2)c2cc3c(c4ccccc24)-c2c(cc(N(c4ccc(C(C)(C)C)cc4)c4ccc(C(C)(C)C)cc4)c4c2oc2ccccc24)C3(c2ccccc2)c2ccccc2)cc1. The fourth-order valence-electron chi connectivity index (χ4n) is 12.3. The van der Waals surface area contributed by atoms with Crippen molar-refractivity contribution in [2.75, 3.05) is 9.80 Å². The summed E-state index contributed by atoms with van der Waals surface area (Å²) < 4.78 is 7.51. The molecule has 0 bridgehead atoms. The summed E-state index contributed by atoms with van der Waals surface area (Å²) in [5, 5.41) is 4.49. The standard InChI is InChI=1S/C75H72N2O/c1-71(2,3)49-31-39-55(40-32-49)76(56-41-33-50(34-42-56)72(4,5)6)64-47-62-67(60-28-20-19-27-59(60)64)69-63(75(62,53-23-15-13-16-24-53)54-25-17-14-18-26-54)48-65(68-61-29-21-22-30-66(61)78-70(68)69)77(57-43-35-51(36-44-57)73(7,8)9)58-45-37-52(38-46-58)74(10,11)12/h13-48H,1-12H3. The Kier molecular flexibility index (Phi) is 12.0. The lowest BCUT2D eigenvalue weighted by atomic mass is 9.67. The van der Waals surface area contributed by atoms with Crippen molar-refractivity contribution in [3.05, 3.63) is 263 Å². The zero-order chi connectivity index (χ0) is 54.5. The molecule has 388 valence electrons. The van der Waals surface area contributed by atoms with Gasteiger partial charge in [-0.05, 0) is 144 Å². The van der Waals surface area contributed by atoms with E-state index in [-0.39, 0.29) is 21.7 Å². The lowest BCUT2D eigenvalue weighted by molar-refractivity contribution is 0.590. The quantitative estimate of drug-likeness (QED) is 0.151. The lowest BCUT2D eigenvalue weighted by Gasteiger charge is -2.36. The highest BCUT2D eigenvalue weighted by atomic mass is 16.3. The third-order valence-electron chi connectivity index (χ3n) is 16.6. The van der Waals surface area contributed by atoms with E-state index in [4.69, 9.17) is 4.42 Å². The van der Waals surface area contributed by atoms with Crippen LogP contribution in [0.15, 0.2) is 223 Å². The summed E-state index contributed by atoms with van der Waals surface area (Å²) >= 11 is 0. The molecule has 0 amide bonds. The largest absolute Gasteiger partial charge is 0.455 e. The number of rotatable bonds is 8. The number of nitrogens with zero attached hydrogens (tertiary/aromatic N) is 2. The van der Waals surface area contributed by atoms with Crippen molar-refractivity contribution >= 4 is 66.8 Å². The molecule has 0 N–H and O–H groups in total. The van der Waals surface area contributed by atoms with Gasteiger partial charge >= 0.3 is 0 Å². The second kappa shape index (κ2) is 18.5. The van der Waals surface area contributed by atoms with Gasteiger partial charge in [0.15, 0.2) is 0 Å². The molecule has 1 heterocycles. The molecule has 0 unspecified atom stereocenters. The van der Waals surface area contributed by atoms with Crippen LogP contribution in [-0.4, -0.2) is 0 Å². The minimum atomic E-state index is -0.816. The molecule has 0 spiro atoms. The van der Waals surface area contributed by atoms with E-state index >= 15 is 0 Å². The molecule has 1 aliphatic carbocycles. The Morgan fingerprint density at radius 1 is 0.321 bits per heavy atom. The van der Waals surface area contributed by atoms with Crippen molar-refractivity contribution in [2.24, 2.45) is 0 Å². The fraction of sp³-hybridized carbons (Fsp3) is 0.227. The van der Waals surface area contributed by atoms with Crippen LogP contribution >= 0.6 is 0 Å². The summed E-state index contributed by atoms with van der Waals surface area (Å²) in [7, 11) is 0. The fourth-order valence-corrected chi connectivity index (χ4v) is 12.3. The summed E-state index contributed by atoms with van der Waals surface area (Å²) in [5.74, 6) is 0. The van der Waals surface area contributed by atoms with Crippen LogP contribution in [0.1, 0.15) is 128 Å². The van der Waals surface area contributed by atoms with Crippen LogP contribution in [-0.2, 0) is 27.1 Å². The van der Waals surface area contributed by atoms with Crippen molar-refractivity contribution in [3.8, 4) is 11.1 Å². The Hall–Kier alpha value is -8.14. The molecule has 0 radical (unpaired) electrons. The predicted octanol–water partition coefficient (Wildman–Crippen LogP) is 21.2. The summed E-state index contributed by atoms with van der Waals surface area (Å²) in [5.41, 5.74) is 19.7. The Bertz CT molecular complexity index is 3850.